The zero-order valence-electron chi connectivity index (χ0n) is 16.0. The van der Waals surface area contributed by atoms with Gasteiger partial charge in [0, 0.05) is 45.0 Å². The van der Waals surface area contributed by atoms with E-state index in [4.69, 9.17) is 14.2 Å². The molecule has 2 aromatic rings. The third kappa shape index (κ3) is 7.40. The zero-order chi connectivity index (χ0) is 19.4. The number of aliphatic hydroxyl groups is 1. The molecular formula is C20H28N4O4. The van der Waals surface area contributed by atoms with Crippen LogP contribution in [0.5, 0.6) is 11.6 Å². The predicted molar refractivity (Wildman–Crippen MR) is 104 cm³/mol. The summed E-state index contributed by atoms with van der Waals surface area (Å²) in [5.74, 6) is 1.25. The molecule has 0 aliphatic carbocycles. The van der Waals surface area contributed by atoms with E-state index in [1.807, 2.05) is 12.1 Å². The summed E-state index contributed by atoms with van der Waals surface area (Å²) in [6.45, 7) is 6.29. The van der Waals surface area contributed by atoms with Gasteiger partial charge in [-0.25, -0.2) is 0 Å². The molecule has 1 aliphatic rings. The van der Waals surface area contributed by atoms with Crippen molar-refractivity contribution in [1.82, 2.24) is 20.4 Å². The van der Waals surface area contributed by atoms with Crippen molar-refractivity contribution in [2.45, 2.75) is 12.6 Å². The van der Waals surface area contributed by atoms with Gasteiger partial charge in [0.1, 0.15) is 25.1 Å². The minimum absolute atomic E-state index is 0.164. The van der Waals surface area contributed by atoms with Gasteiger partial charge in [-0.15, -0.1) is 5.10 Å². The summed E-state index contributed by atoms with van der Waals surface area (Å²) in [6.07, 6.45) is 0.948. The van der Waals surface area contributed by atoms with Crippen LogP contribution in [0.15, 0.2) is 42.6 Å². The summed E-state index contributed by atoms with van der Waals surface area (Å²) in [4.78, 5) is 2.39. The fourth-order valence-electron chi connectivity index (χ4n) is 2.82. The molecular weight excluding hydrogens is 360 g/mol. The highest BCUT2D eigenvalue weighted by atomic mass is 16.5. The lowest BCUT2D eigenvalue weighted by Gasteiger charge is -2.26. The minimum atomic E-state index is -0.624. The molecule has 0 radical (unpaired) electrons. The van der Waals surface area contributed by atoms with E-state index >= 15 is 0 Å². The molecule has 1 unspecified atom stereocenters. The molecule has 2 N–H and O–H groups in total. The highest BCUT2D eigenvalue weighted by Crippen LogP contribution is 2.14. The molecule has 1 aliphatic heterocycles. The van der Waals surface area contributed by atoms with E-state index in [0.29, 0.717) is 25.6 Å². The molecule has 0 saturated carbocycles. The van der Waals surface area contributed by atoms with Crippen molar-refractivity contribution in [3.05, 3.63) is 48.2 Å². The molecule has 1 aromatic heterocycles. The number of hydrogen-bond donors (Lipinski definition) is 2. The largest absolute Gasteiger partial charge is 0.492 e. The summed E-state index contributed by atoms with van der Waals surface area (Å²) in [5.41, 5.74) is 1.28. The number of nitrogens with zero attached hydrogens (tertiary/aromatic N) is 3. The molecule has 0 bridgehead atoms. The van der Waals surface area contributed by atoms with Crippen LogP contribution >= 0.6 is 0 Å². The molecule has 8 heteroatoms. The van der Waals surface area contributed by atoms with E-state index < -0.39 is 6.10 Å². The van der Waals surface area contributed by atoms with E-state index in [0.717, 1.165) is 38.6 Å². The second-order valence-electron chi connectivity index (χ2n) is 6.61. The van der Waals surface area contributed by atoms with Gasteiger partial charge in [0.25, 0.3) is 0 Å². The Morgan fingerprint density at radius 1 is 1.14 bits per heavy atom. The van der Waals surface area contributed by atoms with Crippen LogP contribution in [0.3, 0.4) is 0 Å². The molecule has 1 atom stereocenters. The number of ether oxygens (including phenoxy) is 3. The van der Waals surface area contributed by atoms with Crippen LogP contribution in [0.1, 0.15) is 5.56 Å². The number of aliphatic hydroxyl groups excluding tert-OH is 1. The van der Waals surface area contributed by atoms with Gasteiger partial charge in [-0.2, -0.15) is 5.10 Å². The average molecular weight is 388 g/mol. The monoisotopic (exact) mass is 388 g/mol. The Morgan fingerprint density at radius 3 is 2.71 bits per heavy atom. The third-order valence-corrected chi connectivity index (χ3v) is 4.33. The highest BCUT2D eigenvalue weighted by Gasteiger charge is 2.10. The van der Waals surface area contributed by atoms with Crippen LogP contribution in [-0.2, 0) is 11.3 Å². The van der Waals surface area contributed by atoms with Gasteiger partial charge in [0.15, 0.2) is 0 Å². The lowest BCUT2D eigenvalue weighted by atomic mass is 10.2. The Bertz CT molecular complexity index is 666. The van der Waals surface area contributed by atoms with E-state index in [1.165, 1.54) is 5.56 Å². The quantitative estimate of drug-likeness (QED) is 0.545. The molecule has 1 saturated heterocycles. The van der Waals surface area contributed by atoms with Crippen LogP contribution in [-0.4, -0.2) is 78.9 Å². The SMILES string of the molecule is OC(CNCCOc1ccc(CN2CCOCC2)cc1)COc1cccnn1. The number of benzene rings is 1. The minimum Gasteiger partial charge on any atom is -0.492 e. The van der Waals surface area contributed by atoms with Crippen LogP contribution < -0.4 is 14.8 Å². The van der Waals surface area contributed by atoms with Crippen LogP contribution in [0.25, 0.3) is 0 Å². The lowest BCUT2D eigenvalue weighted by Crippen LogP contribution is -2.35. The number of hydrogen-bond acceptors (Lipinski definition) is 8. The van der Waals surface area contributed by atoms with Crippen molar-refractivity contribution in [3.8, 4) is 11.6 Å². The molecule has 8 nitrogen and oxygen atoms in total. The topological polar surface area (TPSA) is 89.0 Å². The first-order valence-electron chi connectivity index (χ1n) is 9.61. The van der Waals surface area contributed by atoms with Crippen LogP contribution in [0.4, 0.5) is 0 Å². The van der Waals surface area contributed by atoms with Gasteiger partial charge in [-0.3, -0.25) is 4.90 Å². The van der Waals surface area contributed by atoms with Crippen molar-refractivity contribution in [1.29, 1.82) is 0 Å². The molecule has 0 spiro atoms. The molecule has 28 heavy (non-hydrogen) atoms. The molecule has 3 rings (SSSR count). The first-order valence-corrected chi connectivity index (χ1v) is 9.61. The van der Waals surface area contributed by atoms with Crippen molar-refractivity contribution >= 4 is 0 Å². The Balaban J connectivity index is 1.25. The van der Waals surface area contributed by atoms with E-state index in [1.54, 1.807) is 18.3 Å². The maximum absolute atomic E-state index is 9.90. The molecule has 1 fully saturated rings. The predicted octanol–water partition coefficient (Wildman–Crippen LogP) is 0.717. The maximum atomic E-state index is 9.90. The van der Waals surface area contributed by atoms with Gasteiger partial charge >= 0.3 is 0 Å². The summed E-state index contributed by atoms with van der Waals surface area (Å²) < 4.78 is 16.5. The lowest BCUT2D eigenvalue weighted by molar-refractivity contribution is 0.0342. The maximum Gasteiger partial charge on any atom is 0.233 e. The standard InChI is InChI=1S/C20H28N4O4/c25-18(16-28-20-2-1-7-22-23-20)14-21-8-11-27-19-5-3-17(4-6-19)15-24-9-12-26-13-10-24/h1-7,18,21,25H,8-16H2. The number of rotatable bonds is 11. The first-order chi connectivity index (χ1) is 13.8. The van der Waals surface area contributed by atoms with E-state index in [-0.39, 0.29) is 6.61 Å². The summed E-state index contributed by atoms with van der Waals surface area (Å²) in [6, 6.07) is 11.6. The van der Waals surface area contributed by atoms with Crippen LogP contribution in [0, 0.1) is 0 Å². The Kier molecular flexibility index (Phi) is 8.45. The zero-order valence-corrected chi connectivity index (χ0v) is 16.0. The second kappa shape index (κ2) is 11.6. The van der Waals surface area contributed by atoms with E-state index in [9.17, 15) is 5.11 Å². The number of aromatic nitrogens is 2. The molecule has 1 aromatic carbocycles. The summed E-state index contributed by atoms with van der Waals surface area (Å²) in [5, 5.41) is 20.6. The Labute approximate surface area is 165 Å². The van der Waals surface area contributed by atoms with E-state index in [2.05, 4.69) is 32.5 Å². The van der Waals surface area contributed by atoms with Gasteiger partial charge in [0.2, 0.25) is 5.88 Å². The normalized spacial score (nSPS) is 15.9. The summed E-state index contributed by atoms with van der Waals surface area (Å²) >= 11 is 0. The van der Waals surface area contributed by atoms with Crippen molar-refractivity contribution < 1.29 is 19.3 Å². The van der Waals surface area contributed by atoms with Crippen LogP contribution in [0.2, 0.25) is 0 Å². The van der Waals surface area contributed by atoms with Gasteiger partial charge in [-0.1, -0.05) is 12.1 Å². The molecule has 152 valence electrons. The van der Waals surface area contributed by atoms with Gasteiger partial charge < -0.3 is 24.6 Å². The molecule has 0 amide bonds. The number of nitrogens with one attached hydrogen (secondary N) is 1. The highest BCUT2D eigenvalue weighted by molar-refractivity contribution is 5.27. The summed E-state index contributed by atoms with van der Waals surface area (Å²) in [7, 11) is 0. The fraction of sp³-hybridized carbons (Fsp3) is 0.500. The van der Waals surface area contributed by atoms with Crippen molar-refractivity contribution in [2.75, 3.05) is 52.6 Å². The Morgan fingerprint density at radius 2 is 1.96 bits per heavy atom. The van der Waals surface area contributed by atoms with Crippen molar-refractivity contribution in [2.24, 2.45) is 0 Å². The van der Waals surface area contributed by atoms with Gasteiger partial charge in [0.05, 0.1) is 13.2 Å². The van der Waals surface area contributed by atoms with Crippen molar-refractivity contribution in [3.63, 3.8) is 0 Å². The molecule has 2 heterocycles. The van der Waals surface area contributed by atoms with Gasteiger partial charge in [-0.05, 0) is 23.8 Å². The average Bonchev–Trinajstić information content (AvgIpc) is 2.75. The smallest absolute Gasteiger partial charge is 0.233 e. The third-order valence-electron chi connectivity index (χ3n) is 4.33. The number of morpholine rings is 1. The Hall–Kier alpha value is -2.26. The second-order valence-corrected chi connectivity index (χ2v) is 6.61. The fourth-order valence-corrected chi connectivity index (χ4v) is 2.82. The first kappa shape index (κ1) is 20.5.